The number of benzene rings is 2. The van der Waals surface area contributed by atoms with Gasteiger partial charge in [0, 0.05) is 11.8 Å². The van der Waals surface area contributed by atoms with Gasteiger partial charge in [-0.1, -0.05) is 0 Å². The molecule has 0 aliphatic carbocycles. The molecule has 8 nitrogen and oxygen atoms in total. The predicted molar refractivity (Wildman–Crippen MR) is 96.9 cm³/mol. The molecule has 2 aromatic rings. The maximum Gasteiger partial charge on any atom is 0.262 e. The van der Waals surface area contributed by atoms with Crippen molar-refractivity contribution in [3.8, 4) is 28.7 Å². The van der Waals surface area contributed by atoms with Gasteiger partial charge in [-0.05, 0) is 36.8 Å². The monoisotopic (exact) mass is 375 g/mol. The van der Waals surface area contributed by atoms with E-state index in [0.29, 0.717) is 34.2 Å². The molecular formula is C19H21NO7. The normalized spacial score (nSPS) is 13.0. The highest BCUT2D eigenvalue weighted by Crippen LogP contribution is 2.40. The van der Waals surface area contributed by atoms with E-state index in [-0.39, 0.29) is 25.1 Å². The molecule has 0 aromatic heterocycles. The first-order valence-corrected chi connectivity index (χ1v) is 8.28. The Bertz CT molecular complexity index is 810. The van der Waals surface area contributed by atoms with Crippen molar-refractivity contribution in [1.29, 1.82) is 0 Å². The summed E-state index contributed by atoms with van der Waals surface area (Å²) in [6.45, 7) is 1.54. The van der Waals surface area contributed by atoms with Crippen molar-refractivity contribution in [3.63, 3.8) is 0 Å². The Hall–Kier alpha value is -3.13. The number of fused-ring (bicyclic) bond motifs is 1. The molecule has 0 bridgehead atoms. The van der Waals surface area contributed by atoms with Gasteiger partial charge in [-0.25, -0.2) is 0 Å². The van der Waals surface area contributed by atoms with Gasteiger partial charge >= 0.3 is 0 Å². The summed E-state index contributed by atoms with van der Waals surface area (Å²) in [5, 5.41) is 12.5. The van der Waals surface area contributed by atoms with Crippen LogP contribution in [0.5, 0.6) is 28.7 Å². The average Bonchev–Trinajstić information content (AvgIpc) is 3.13. The molecule has 2 N–H and O–H groups in total. The van der Waals surface area contributed by atoms with Gasteiger partial charge in [-0.2, -0.15) is 0 Å². The Morgan fingerprint density at radius 2 is 1.81 bits per heavy atom. The molecule has 0 fully saturated rings. The minimum Gasteiger partial charge on any atom is -0.493 e. The molecule has 0 spiro atoms. The van der Waals surface area contributed by atoms with Crippen molar-refractivity contribution in [1.82, 2.24) is 0 Å². The van der Waals surface area contributed by atoms with Gasteiger partial charge in [0.15, 0.2) is 29.6 Å². The summed E-state index contributed by atoms with van der Waals surface area (Å²) in [7, 11) is 2.94. The summed E-state index contributed by atoms with van der Waals surface area (Å²) < 4.78 is 26.7. The van der Waals surface area contributed by atoms with E-state index in [9.17, 15) is 9.90 Å². The van der Waals surface area contributed by atoms with Gasteiger partial charge < -0.3 is 34.1 Å². The van der Waals surface area contributed by atoms with Crippen LogP contribution in [-0.4, -0.2) is 38.6 Å². The first-order chi connectivity index (χ1) is 13.0. The first-order valence-electron chi connectivity index (χ1n) is 8.28. The highest BCUT2D eigenvalue weighted by Gasteiger charge is 2.18. The standard InChI is InChI=1S/C19H21NO7/c1-11(21)12-6-16(23-2)19(17(7-12)24-3)25-9-18(22)20-13-4-5-14-15(8-13)27-10-26-14/h4-8,11,21H,9-10H2,1-3H3,(H,20,22)/t11-/m1/s1. The highest BCUT2D eigenvalue weighted by molar-refractivity contribution is 5.92. The van der Waals surface area contributed by atoms with E-state index in [4.69, 9.17) is 23.7 Å². The number of rotatable bonds is 7. The Morgan fingerprint density at radius 3 is 2.44 bits per heavy atom. The number of amides is 1. The lowest BCUT2D eigenvalue weighted by molar-refractivity contribution is -0.118. The number of nitrogens with one attached hydrogen (secondary N) is 1. The quantitative estimate of drug-likeness (QED) is 0.768. The molecular weight excluding hydrogens is 354 g/mol. The lowest BCUT2D eigenvalue weighted by Crippen LogP contribution is -2.20. The number of carbonyl (C=O) groups excluding carboxylic acids is 1. The predicted octanol–water partition coefficient (Wildman–Crippen LogP) is 2.50. The van der Waals surface area contributed by atoms with Gasteiger partial charge in [-0.15, -0.1) is 0 Å². The molecule has 1 aliphatic heterocycles. The molecule has 0 radical (unpaired) electrons. The van der Waals surface area contributed by atoms with Crippen LogP contribution >= 0.6 is 0 Å². The van der Waals surface area contributed by atoms with Crippen molar-refractivity contribution in [2.24, 2.45) is 0 Å². The van der Waals surface area contributed by atoms with Gasteiger partial charge in [0.1, 0.15) is 0 Å². The molecule has 0 saturated carbocycles. The van der Waals surface area contributed by atoms with E-state index in [1.54, 1.807) is 37.3 Å². The maximum absolute atomic E-state index is 12.2. The zero-order valence-corrected chi connectivity index (χ0v) is 15.3. The third-order valence-corrected chi connectivity index (χ3v) is 3.97. The summed E-state index contributed by atoms with van der Waals surface area (Å²) >= 11 is 0. The number of hydrogen-bond donors (Lipinski definition) is 2. The number of carbonyl (C=O) groups is 1. The average molecular weight is 375 g/mol. The lowest BCUT2D eigenvalue weighted by atomic mass is 10.1. The van der Waals surface area contributed by atoms with Crippen LogP contribution in [0.4, 0.5) is 5.69 Å². The van der Waals surface area contributed by atoms with E-state index in [2.05, 4.69) is 5.32 Å². The maximum atomic E-state index is 12.2. The summed E-state index contributed by atoms with van der Waals surface area (Å²) in [6, 6.07) is 8.39. The van der Waals surface area contributed by atoms with Crippen LogP contribution in [0.1, 0.15) is 18.6 Å². The molecule has 3 rings (SSSR count). The summed E-state index contributed by atoms with van der Waals surface area (Å²) in [4.78, 5) is 12.2. The summed E-state index contributed by atoms with van der Waals surface area (Å²) in [6.07, 6.45) is -0.698. The fourth-order valence-electron chi connectivity index (χ4n) is 2.59. The molecule has 8 heteroatoms. The minimum absolute atomic E-state index is 0.165. The number of hydrogen-bond acceptors (Lipinski definition) is 7. The lowest BCUT2D eigenvalue weighted by Gasteiger charge is -2.17. The van der Waals surface area contributed by atoms with Crippen molar-refractivity contribution in [2.75, 3.05) is 32.9 Å². The first kappa shape index (κ1) is 18.7. The van der Waals surface area contributed by atoms with E-state index in [1.807, 2.05) is 0 Å². The van der Waals surface area contributed by atoms with Crippen LogP contribution in [0, 0.1) is 0 Å². The van der Waals surface area contributed by atoms with E-state index >= 15 is 0 Å². The molecule has 0 unspecified atom stereocenters. The third-order valence-electron chi connectivity index (χ3n) is 3.97. The van der Waals surface area contributed by atoms with E-state index in [1.165, 1.54) is 14.2 Å². The van der Waals surface area contributed by atoms with Crippen LogP contribution < -0.4 is 29.0 Å². The zero-order chi connectivity index (χ0) is 19.4. The number of ether oxygens (including phenoxy) is 5. The Labute approximate surface area is 156 Å². The van der Waals surface area contributed by atoms with E-state index < -0.39 is 6.10 Å². The van der Waals surface area contributed by atoms with E-state index in [0.717, 1.165) is 0 Å². The van der Waals surface area contributed by atoms with Gasteiger partial charge in [0.25, 0.3) is 5.91 Å². The fraction of sp³-hybridized carbons (Fsp3) is 0.316. The second kappa shape index (κ2) is 8.05. The van der Waals surface area contributed by atoms with Gasteiger partial charge in [0.2, 0.25) is 12.5 Å². The number of methoxy groups -OCH3 is 2. The number of aliphatic hydroxyl groups excluding tert-OH is 1. The third kappa shape index (κ3) is 4.17. The number of anilines is 1. The summed E-state index contributed by atoms with van der Waals surface area (Å²) in [5.74, 6) is 1.85. The van der Waals surface area contributed by atoms with Crippen LogP contribution in [-0.2, 0) is 4.79 Å². The Morgan fingerprint density at radius 1 is 1.15 bits per heavy atom. The molecule has 1 atom stereocenters. The molecule has 1 heterocycles. The fourth-order valence-corrected chi connectivity index (χ4v) is 2.59. The second-order valence-electron chi connectivity index (χ2n) is 5.84. The highest BCUT2D eigenvalue weighted by atomic mass is 16.7. The zero-order valence-electron chi connectivity index (χ0n) is 15.3. The molecule has 27 heavy (non-hydrogen) atoms. The van der Waals surface area contributed by atoms with Crippen molar-refractivity contribution in [2.45, 2.75) is 13.0 Å². The molecule has 2 aromatic carbocycles. The van der Waals surface area contributed by atoms with Crippen molar-refractivity contribution >= 4 is 11.6 Å². The van der Waals surface area contributed by atoms with Gasteiger partial charge in [0.05, 0.1) is 20.3 Å². The summed E-state index contributed by atoms with van der Waals surface area (Å²) in [5.41, 5.74) is 1.18. The Kier molecular flexibility index (Phi) is 5.56. The second-order valence-corrected chi connectivity index (χ2v) is 5.84. The molecule has 144 valence electrons. The van der Waals surface area contributed by atoms with Crippen molar-refractivity contribution in [3.05, 3.63) is 35.9 Å². The molecule has 1 amide bonds. The molecule has 1 aliphatic rings. The smallest absolute Gasteiger partial charge is 0.262 e. The van der Waals surface area contributed by atoms with Crippen LogP contribution in [0.25, 0.3) is 0 Å². The van der Waals surface area contributed by atoms with Crippen LogP contribution in [0.3, 0.4) is 0 Å². The van der Waals surface area contributed by atoms with Crippen molar-refractivity contribution < 1.29 is 33.6 Å². The van der Waals surface area contributed by atoms with Crippen LogP contribution in [0.15, 0.2) is 30.3 Å². The topological polar surface area (TPSA) is 95.5 Å². The Balaban J connectivity index is 1.69. The minimum atomic E-state index is -0.698. The van der Waals surface area contributed by atoms with Gasteiger partial charge in [-0.3, -0.25) is 4.79 Å². The largest absolute Gasteiger partial charge is 0.493 e. The van der Waals surface area contributed by atoms with Crippen LogP contribution in [0.2, 0.25) is 0 Å². The SMILES string of the molecule is COc1cc([C@@H](C)O)cc(OC)c1OCC(=O)Nc1ccc2c(c1)OCO2. The number of aliphatic hydroxyl groups is 1. The molecule has 0 saturated heterocycles.